The van der Waals surface area contributed by atoms with Crippen LogP contribution in [-0.2, 0) is 0 Å². The van der Waals surface area contributed by atoms with Crippen LogP contribution in [0.15, 0.2) is 28.7 Å². The second-order valence-corrected chi connectivity index (χ2v) is 6.19. The van der Waals surface area contributed by atoms with Gasteiger partial charge in [-0.05, 0) is 25.3 Å². The molecule has 1 fully saturated rings. The quantitative estimate of drug-likeness (QED) is 0.789. The third kappa shape index (κ3) is 3.21. The molecule has 98 valence electrons. The van der Waals surface area contributed by atoms with E-state index in [2.05, 4.69) is 34.7 Å². The van der Waals surface area contributed by atoms with Crippen molar-refractivity contribution in [2.45, 2.75) is 32.7 Å². The van der Waals surface area contributed by atoms with Crippen LogP contribution in [-0.4, -0.2) is 29.8 Å². The summed E-state index contributed by atoms with van der Waals surface area (Å²) in [5, 5.41) is 0. The number of Topliss-reactive ketones (excluding diaryl/α,β-unsaturated/α-hetero) is 1. The molecule has 0 spiro atoms. The van der Waals surface area contributed by atoms with Gasteiger partial charge in [0.2, 0.25) is 0 Å². The third-order valence-corrected chi connectivity index (χ3v) is 4.40. The minimum absolute atomic E-state index is 0.231. The minimum atomic E-state index is 0.231. The Bertz CT molecular complexity index is 432. The van der Waals surface area contributed by atoms with Gasteiger partial charge in [-0.1, -0.05) is 41.1 Å². The summed E-state index contributed by atoms with van der Waals surface area (Å²) in [5.74, 6) is 0.993. The SMILES string of the molecule is CC1CC(C)N(CCC(=O)c2ccccc2Br)C1. The number of carbonyl (C=O) groups excluding carboxylic acids is 1. The molecule has 1 aliphatic rings. The summed E-state index contributed by atoms with van der Waals surface area (Å²) < 4.78 is 0.901. The molecule has 1 aliphatic heterocycles. The first-order chi connectivity index (χ1) is 8.58. The molecule has 1 aromatic rings. The predicted molar refractivity (Wildman–Crippen MR) is 77.9 cm³/mol. The number of ketones is 1. The zero-order valence-corrected chi connectivity index (χ0v) is 12.6. The number of hydrogen-bond acceptors (Lipinski definition) is 2. The van der Waals surface area contributed by atoms with Crippen LogP contribution in [0.2, 0.25) is 0 Å². The Morgan fingerprint density at radius 3 is 2.72 bits per heavy atom. The molecule has 0 radical (unpaired) electrons. The van der Waals surface area contributed by atoms with Crippen LogP contribution in [0.25, 0.3) is 0 Å². The number of hydrogen-bond donors (Lipinski definition) is 0. The maximum atomic E-state index is 12.2. The zero-order chi connectivity index (χ0) is 13.1. The molecule has 2 unspecified atom stereocenters. The van der Waals surface area contributed by atoms with Crippen LogP contribution < -0.4 is 0 Å². The van der Waals surface area contributed by atoms with Gasteiger partial charge in [0.1, 0.15) is 0 Å². The fourth-order valence-corrected chi connectivity index (χ4v) is 3.27. The van der Waals surface area contributed by atoms with Crippen molar-refractivity contribution in [3.63, 3.8) is 0 Å². The lowest BCUT2D eigenvalue weighted by Crippen LogP contribution is -2.29. The van der Waals surface area contributed by atoms with Gasteiger partial charge < -0.3 is 0 Å². The fourth-order valence-electron chi connectivity index (χ4n) is 2.77. The molecule has 0 amide bonds. The Morgan fingerprint density at radius 1 is 1.39 bits per heavy atom. The minimum Gasteiger partial charge on any atom is -0.300 e. The average molecular weight is 310 g/mol. The lowest BCUT2D eigenvalue weighted by molar-refractivity contribution is 0.0961. The lowest BCUT2D eigenvalue weighted by atomic mass is 10.1. The van der Waals surface area contributed by atoms with Crippen LogP contribution in [0.5, 0.6) is 0 Å². The van der Waals surface area contributed by atoms with Crippen LogP contribution in [0.3, 0.4) is 0 Å². The molecule has 0 aliphatic carbocycles. The molecule has 3 heteroatoms. The molecule has 1 aromatic carbocycles. The van der Waals surface area contributed by atoms with Gasteiger partial charge in [-0.2, -0.15) is 0 Å². The zero-order valence-electron chi connectivity index (χ0n) is 11.0. The van der Waals surface area contributed by atoms with Crippen molar-refractivity contribution in [1.29, 1.82) is 0 Å². The summed E-state index contributed by atoms with van der Waals surface area (Å²) in [4.78, 5) is 14.6. The van der Waals surface area contributed by atoms with Crippen molar-refractivity contribution in [2.24, 2.45) is 5.92 Å². The van der Waals surface area contributed by atoms with Gasteiger partial charge in [0, 0.05) is 35.6 Å². The van der Waals surface area contributed by atoms with E-state index in [4.69, 9.17) is 0 Å². The van der Waals surface area contributed by atoms with Crippen molar-refractivity contribution < 1.29 is 4.79 Å². The molecule has 2 atom stereocenters. The second-order valence-electron chi connectivity index (χ2n) is 5.34. The fraction of sp³-hybridized carbons (Fsp3) is 0.533. The molecule has 2 nitrogen and oxygen atoms in total. The average Bonchev–Trinajstić information content (AvgIpc) is 2.65. The van der Waals surface area contributed by atoms with Crippen molar-refractivity contribution >= 4 is 21.7 Å². The van der Waals surface area contributed by atoms with E-state index in [1.807, 2.05) is 24.3 Å². The largest absolute Gasteiger partial charge is 0.300 e. The summed E-state index contributed by atoms with van der Waals surface area (Å²) in [7, 11) is 0. The van der Waals surface area contributed by atoms with Crippen molar-refractivity contribution in [3.8, 4) is 0 Å². The molecule has 0 aromatic heterocycles. The van der Waals surface area contributed by atoms with Gasteiger partial charge >= 0.3 is 0 Å². The smallest absolute Gasteiger partial charge is 0.165 e. The summed E-state index contributed by atoms with van der Waals surface area (Å²) >= 11 is 3.44. The molecule has 18 heavy (non-hydrogen) atoms. The van der Waals surface area contributed by atoms with Crippen molar-refractivity contribution in [2.75, 3.05) is 13.1 Å². The highest BCUT2D eigenvalue weighted by atomic mass is 79.9. The maximum Gasteiger partial charge on any atom is 0.165 e. The second kappa shape index (κ2) is 5.98. The first-order valence-corrected chi connectivity index (χ1v) is 7.39. The van der Waals surface area contributed by atoms with E-state index in [9.17, 15) is 4.79 Å². The first kappa shape index (κ1) is 13.8. The molecule has 2 rings (SSSR count). The molecule has 1 heterocycles. The summed E-state index contributed by atoms with van der Waals surface area (Å²) in [6.45, 7) is 6.55. The van der Waals surface area contributed by atoms with E-state index in [-0.39, 0.29) is 5.78 Å². The van der Waals surface area contributed by atoms with Crippen LogP contribution >= 0.6 is 15.9 Å². The van der Waals surface area contributed by atoms with Crippen LogP contribution in [0.4, 0.5) is 0 Å². The Kier molecular flexibility index (Phi) is 4.57. The summed E-state index contributed by atoms with van der Waals surface area (Å²) in [6.07, 6.45) is 1.86. The van der Waals surface area contributed by atoms with Gasteiger partial charge in [-0.3, -0.25) is 9.69 Å². The van der Waals surface area contributed by atoms with Gasteiger partial charge in [0.15, 0.2) is 5.78 Å². The van der Waals surface area contributed by atoms with Crippen molar-refractivity contribution in [3.05, 3.63) is 34.3 Å². The Morgan fingerprint density at radius 2 is 2.11 bits per heavy atom. The number of benzene rings is 1. The van der Waals surface area contributed by atoms with E-state index in [1.165, 1.54) is 6.42 Å². The topological polar surface area (TPSA) is 20.3 Å². The first-order valence-electron chi connectivity index (χ1n) is 6.59. The normalized spacial score (nSPS) is 24.4. The molecule has 1 saturated heterocycles. The van der Waals surface area contributed by atoms with Crippen molar-refractivity contribution in [1.82, 2.24) is 4.90 Å². The Labute approximate surface area is 117 Å². The molecular formula is C15H20BrNO. The van der Waals surface area contributed by atoms with Gasteiger partial charge in [-0.15, -0.1) is 0 Å². The van der Waals surface area contributed by atoms with Gasteiger partial charge in [0.25, 0.3) is 0 Å². The number of likely N-dealkylation sites (tertiary alicyclic amines) is 1. The standard InChI is InChI=1S/C15H20BrNO/c1-11-9-12(2)17(10-11)8-7-15(18)13-5-3-4-6-14(13)16/h3-6,11-12H,7-10H2,1-2H3. The highest BCUT2D eigenvalue weighted by molar-refractivity contribution is 9.10. The molecule has 0 bridgehead atoms. The number of rotatable bonds is 4. The van der Waals surface area contributed by atoms with Gasteiger partial charge in [0.05, 0.1) is 0 Å². The van der Waals surface area contributed by atoms with E-state index in [0.717, 1.165) is 29.0 Å². The monoisotopic (exact) mass is 309 g/mol. The Balaban J connectivity index is 1.91. The summed E-state index contributed by atoms with van der Waals surface area (Å²) in [5.41, 5.74) is 0.803. The predicted octanol–water partition coefficient (Wildman–Crippen LogP) is 3.75. The molecule has 0 N–H and O–H groups in total. The van der Waals surface area contributed by atoms with E-state index in [0.29, 0.717) is 12.5 Å². The number of carbonyl (C=O) groups is 1. The maximum absolute atomic E-state index is 12.2. The highest BCUT2D eigenvalue weighted by Gasteiger charge is 2.26. The summed E-state index contributed by atoms with van der Waals surface area (Å²) in [6, 6.07) is 8.28. The lowest BCUT2D eigenvalue weighted by Gasteiger charge is -2.20. The van der Waals surface area contributed by atoms with E-state index < -0.39 is 0 Å². The van der Waals surface area contributed by atoms with Gasteiger partial charge in [-0.25, -0.2) is 0 Å². The van der Waals surface area contributed by atoms with E-state index in [1.54, 1.807) is 0 Å². The highest BCUT2D eigenvalue weighted by Crippen LogP contribution is 2.23. The Hall–Kier alpha value is -0.670. The van der Waals surface area contributed by atoms with Crippen LogP contribution in [0.1, 0.15) is 37.0 Å². The number of halogens is 1. The molecule has 0 saturated carbocycles. The van der Waals surface area contributed by atoms with E-state index >= 15 is 0 Å². The number of nitrogens with zero attached hydrogens (tertiary/aromatic N) is 1. The van der Waals surface area contributed by atoms with Crippen LogP contribution in [0, 0.1) is 5.92 Å². The molecular weight excluding hydrogens is 290 g/mol. The third-order valence-electron chi connectivity index (χ3n) is 3.71.